The monoisotopic (exact) mass is 273 g/mol. The molecule has 20 heavy (non-hydrogen) atoms. The van der Waals surface area contributed by atoms with Gasteiger partial charge in [0, 0.05) is 17.5 Å². The van der Waals surface area contributed by atoms with Crippen molar-refractivity contribution in [1.82, 2.24) is 14.7 Å². The lowest BCUT2D eigenvalue weighted by atomic mass is 9.83. The van der Waals surface area contributed by atoms with Crippen LogP contribution in [0.25, 0.3) is 0 Å². The lowest BCUT2D eigenvalue weighted by Crippen LogP contribution is -2.24. The van der Waals surface area contributed by atoms with E-state index in [-0.39, 0.29) is 5.56 Å². The first-order valence-corrected chi connectivity index (χ1v) is 7.19. The van der Waals surface area contributed by atoms with Crippen molar-refractivity contribution in [3.8, 4) is 0 Å². The average Bonchev–Trinajstić information content (AvgIpc) is 2.71. The molecule has 1 aliphatic carbocycles. The van der Waals surface area contributed by atoms with Gasteiger partial charge in [0.05, 0.1) is 24.3 Å². The van der Waals surface area contributed by atoms with Gasteiger partial charge in [-0.15, -0.1) is 0 Å². The van der Waals surface area contributed by atoms with E-state index in [0.717, 1.165) is 42.0 Å². The number of aromatic nitrogens is 3. The van der Waals surface area contributed by atoms with Crippen molar-refractivity contribution in [2.75, 3.05) is 0 Å². The van der Waals surface area contributed by atoms with E-state index in [4.69, 9.17) is 4.52 Å². The highest BCUT2D eigenvalue weighted by molar-refractivity contribution is 5.22. The zero-order valence-corrected chi connectivity index (χ0v) is 11.9. The summed E-state index contributed by atoms with van der Waals surface area (Å²) in [6.07, 6.45) is 6.01. The van der Waals surface area contributed by atoms with Crippen LogP contribution in [0.15, 0.2) is 21.7 Å². The molecule has 0 aliphatic heterocycles. The molecule has 2 aromatic rings. The number of aryl methyl sites for hydroxylation is 2. The molecule has 0 N–H and O–H groups in total. The van der Waals surface area contributed by atoms with Crippen LogP contribution in [0, 0.1) is 6.92 Å². The van der Waals surface area contributed by atoms with E-state index in [9.17, 15) is 4.79 Å². The third kappa shape index (κ3) is 2.28. The Kier molecular flexibility index (Phi) is 3.42. The molecule has 0 unspecified atom stereocenters. The number of hydrogen-bond donors (Lipinski definition) is 0. The molecule has 0 spiro atoms. The predicted octanol–water partition coefficient (Wildman–Crippen LogP) is 2.42. The van der Waals surface area contributed by atoms with Crippen molar-refractivity contribution in [1.29, 1.82) is 0 Å². The SMILES string of the molecule is CCc1noc(C)c1Cn1cnc(C2CCC2)cc1=O. The van der Waals surface area contributed by atoms with E-state index in [1.54, 1.807) is 17.0 Å². The molecule has 2 heterocycles. The largest absolute Gasteiger partial charge is 0.361 e. The Hall–Kier alpha value is -1.91. The van der Waals surface area contributed by atoms with Gasteiger partial charge in [0.15, 0.2) is 0 Å². The topological polar surface area (TPSA) is 60.9 Å². The summed E-state index contributed by atoms with van der Waals surface area (Å²) in [5.41, 5.74) is 2.85. The van der Waals surface area contributed by atoms with Crippen molar-refractivity contribution in [3.63, 3.8) is 0 Å². The van der Waals surface area contributed by atoms with E-state index < -0.39 is 0 Å². The fourth-order valence-corrected chi connectivity index (χ4v) is 2.57. The van der Waals surface area contributed by atoms with E-state index in [2.05, 4.69) is 10.1 Å². The Morgan fingerprint density at radius 3 is 2.85 bits per heavy atom. The van der Waals surface area contributed by atoms with Crippen LogP contribution < -0.4 is 5.56 Å². The van der Waals surface area contributed by atoms with Crippen LogP contribution in [0.4, 0.5) is 0 Å². The molecular formula is C15H19N3O2. The lowest BCUT2D eigenvalue weighted by Gasteiger charge is -2.24. The predicted molar refractivity (Wildman–Crippen MR) is 74.8 cm³/mol. The summed E-state index contributed by atoms with van der Waals surface area (Å²) in [6.45, 7) is 4.39. The molecule has 106 valence electrons. The summed E-state index contributed by atoms with van der Waals surface area (Å²) in [5, 5.41) is 4.02. The van der Waals surface area contributed by atoms with Crippen molar-refractivity contribution < 1.29 is 4.52 Å². The third-order valence-electron chi connectivity index (χ3n) is 4.15. The number of rotatable bonds is 4. The Morgan fingerprint density at radius 2 is 2.25 bits per heavy atom. The van der Waals surface area contributed by atoms with Crippen molar-refractivity contribution in [3.05, 3.63) is 45.5 Å². The van der Waals surface area contributed by atoms with E-state index in [1.165, 1.54) is 6.42 Å². The van der Waals surface area contributed by atoms with Crippen LogP contribution in [-0.4, -0.2) is 14.7 Å². The maximum Gasteiger partial charge on any atom is 0.253 e. The van der Waals surface area contributed by atoms with E-state index in [1.807, 2.05) is 13.8 Å². The smallest absolute Gasteiger partial charge is 0.253 e. The second-order valence-electron chi connectivity index (χ2n) is 5.43. The molecule has 5 heteroatoms. The molecule has 3 rings (SSSR count). The molecule has 0 saturated heterocycles. The maximum absolute atomic E-state index is 12.2. The maximum atomic E-state index is 12.2. The molecule has 0 bridgehead atoms. The Morgan fingerprint density at radius 1 is 1.45 bits per heavy atom. The van der Waals surface area contributed by atoms with Gasteiger partial charge >= 0.3 is 0 Å². The van der Waals surface area contributed by atoms with Gasteiger partial charge in [0.2, 0.25) is 0 Å². The van der Waals surface area contributed by atoms with Gasteiger partial charge in [-0.3, -0.25) is 9.36 Å². The van der Waals surface area contributed by atoms with Crippen molar-refractivity contribution in [2.24, 2.45) is 0 Å². The molecule has 2 aromatic heterocycles. The van der Waals surface area contributed by atoms with Crippen LogP contribution >= 0.6 is 0 Å². The second-order valence-corrected chi connectivity index (χ2v) is 5.43. The fourth-order valence-electron chi connectivity index (χ4n) is 2.57. The molecular weight excluding hydrogens is 254 g/mol. The van der Waals surface area contributed by atoms with Gasteiger partial charge < -0.3 is 4.52 Å². The minimum atomic E-state index is 0.00422. The minimum Gasteiger partial charge on any atom is -0.361 e. The zero-order valence-electron chi connectivity index (χ0n) is 11.9. The Balaban J connectivity index is 1.87. The van der Waals surface area contributed by atoms with Crippen molar-refractivity contribution >= 4 is 0 Å². The standard InChI is InChI=1S/C15H19N3O2/c1-3-13-12(10(2)20-17-13)8-18-9-16-14(7-15(18)19)11-5-4-6-11/h7,9,11H,3-6,8H2,1-2H3. The normalized spacial score (nSPS) is 15.3. The van der Waals surface area contributed by atoms with Gasteiger partial charge in [-0.05, 0) is 26.2 Å². The summed E-state index contributed by atoms with van der Waals surface area (Å²) in [6, 6.07) is 1.68. The first kappa shape index (κ1) is 13.1. The number of nitrogens with zero attached hydrogens (tertiary/aromatic N) is 3. The quantitative estimate of drug-likeness (QED) is 0.858. The highest BCUT2D eigenvalue weighted by atomic mass is 16.5. The summed E-state index contributed by atoms with van der Waals surface area (Å²) >= 11 is 0. The van der Waals surface area contributed by atoms with Crippen LogP contribution in [0.3, 0.4) is 0 Å². The summed E-state index contributed by atoms with van der Waals surface area (Å²) in [5.74, 6) is 1.26. The minimum absolute atomic E-state index is 0.00422. The molecule has 0 amide bonds. The highest BCUT2D eigenvalue weighted by Gasteiger charge is 2.21. The van der Waals surface area contributed by atoms with Crippen LogP contribution in [0.5, 0.6) is 0 Å². The summed E-state index contributed by atoms with van der Waals surface area (Å²) in [4.78, 5) is 16.6. The first-order chi connectivity index (χ1) is 9.69. The number of hydrogen-bond acceptors (Lipinski definition) is 4. The Bertz CT molecular complexity index is 668. The second kappa shape index (κ2) is 5.23. The van der Waals surface area contributed by atoms with Gasteiger partial charge in [-0.25, -0.2) is 4.98 Å². The van der Waals surface area contributed by atoms with Gasteiger partial charge in [-0.1, -0.05) is 18.5 Å². The first-order valence-electron chi connectivity index (χ1n) is 7.19. The molecule has 1 saturated carbocycles. The molecule has 0 atom stereocenters. The molecule has 0 aromatic carbocycles. The van der Waals surface area contributed by atoms with Crippen LogP contribution in [0.1, 0.15) is 54.8 Å². The molecule has 0 radical (unpaired) electrons. The lowest BCUT2D eigenvalue weighted by molar-refractivity contribution is 0.390. The van der Waals surface area contributed by atoms with Gasteiger partial charge in [0.25, 0.3) is 5.56 Å². The average molecular weight is 273 g/mol. The van der Waals surface area contributed by atoms with Crippen LogP contribution in [0.2, 0.25) is 0 Å². The third-order valence-corrected chi connectivity index (χ3v) is 4.15. The zero-order chi connectivity index (χ0) is 14.1. The molecule has 1 fully saturated rings. The summed E-state index contributed by atoms with van der Waals surface area (Å²) in [7, 11) is 0. The van der Waals surface area contributed by atoms with Gasteiger partial charge in [0.1, 0.15) is 5.76 Å². The fraction of sp³-hybridized carbons (Fsp3) is 0.533. The molecule has 5 nitrogen and oxygen atoms in total. The van der Waals surface area contributed by atoms with E-state index >= 15 is 0 Å². The van der Waals surface area contributed by atoms with Crippen LogP contribution in [-0.2, 0) is 13.0 Å². The Labute approximate surface area is 117 Å². The van der Waals surface area contributed by atoms with Gasteiger partial charge in [-0.2, -0.15) is 0 Å². The van der Waals surface area contributed by atoms with E-state index in [0.29, 0.717) is 12.5 Å². The molecule has 1 aliphatic rings. The summed E-state index contributed by atoms with van der Waals surface area (Å²) < 4.78 is 6.83. The van der Waals surface area contributed by atoms with Crippen molar-refractivity contribution in [2.45, 2.75) is 52.0 Å². The highest BCUT2D eigenvalue weighted by Crippen LogP contribution is 2.34.